The Morgan fingerprint density at radius 2 is 1.84 bits per heavy atom. The van der Waals surface area contributed by atoms with Gasteiger partial charge in [0.15, 0.2) is 0 Å². The fraction of sp³-hybridized carbons (Fsp3) is 0.429. The first-order chi connectivity index (χ1) is 8.93. The lowest BCUT2D eigenvalue weighted by molar-refractivity contribution is -0.137. The summed E-state index contributed by atoms with van der Waals surface area (Å²) >= 11 is 0. The Labute approximate surface area is 112 Å². The number of nitrogens with one attached hydrogen (secondary N) is 1. The Kier molecular flexibility index (Phi) is 5.36. The summed E-state index contributed by atoms with van der Waals surface area (Å²) < 4.78 is 5.22. The molecule has 5 heteroatoms. The molecule has 0 bridgehead atoms. The molecule has 0 aliphatic heterocycles. The number of carboxylic acids is 1. The van der Waals surface area contributed by atoms with Gasteiger partial charge in [0.25, 0.3) is 0 Å². The Morgan fingerprint density at radius 1 is 1.21 bits per heavy atom. The van der Waals surface area contributed by atoms with Crippen molar-refractivity contribution in [2.75, 3.05) is 12.4 Å². The van der Waals surface area contributed by atoms with E-state index in [0.717, 1.165) is 11.1 Å². The van der Waals surface area contributed by atoms with Crippen molar-refractivity contribution in [1.82, 2.24) is 0 Å². The summed E-state index contributed by atoms with van der Waals surface area (Å²) in [7, 11) is 1.55. The summed E-state index contributed by atoms with van der Waals surface area (Å²) in [6.45, 7) is 3.92. The minimum Gasteiger partial charge on any atom is -0.495 e. The summed E-state index contributed by atoms with van der Waals surface area (Å²) in [5.74, 6) is -0.492. The summed E-state index contributed by atoms with van der Waals surface area (Å²) in [4.78, 5) is 22.1. The number of hydrogen-bond donors (Lipinski definition) is 2. The average Bonchev–Trinajstić information content (AvgIpc) is 2.33. The maximum atomic E-state index is 11.7. The SMILES string of the molecule is COc1cc(C)c(C)cc1NC(=O)CCCC(=O)O. The van der Waals surface area contributed by atoms with Gasteiger partial charge in [-0.25, -0.2) is 0 Å². The third-order valence-electron chi connectivity index (χ3n) is 2.88. The fourth-order valence-electron chi connectivity index (χ4n) is 1.67. The molecular weight excluding hydrogens is 246 g/mol. The van der Waals surface area contributed by atoms with Crippen molar-refractivity contribution in [2.24, 2.45) is 0 Å². The van der Waals surface area contributed by atoms with Crippen LogP contribution in [0.3, 0.4) is 0 Å². The topological polar surface area (TPSA) is 75.6 Å². The van der Waals surface area contributed by atoms with Crippen LogP contribution in [0.25, 0.3) is 0 Å². The van der Waals surface area contributed by atoms with Gasteiger partial charge in [0.2, 0.25) is 5.91 Å². The maximum Gasteiger partial charge on any atom is 0.303 e. The number of aryl methyl sites for hydroxylation is 2. The van der Waals surface area contributed by atoms with Gasteiger partial charge >= 0.3 is 5.97 Å². The van der Waals surface area contributed by atoms with Gasteiger partial charge in [-0.3, -0.25) is 9.59 Å². The highest BCUT2D eigenvalue weighted by molar-refractivity contribution is 5.92. The molecule has 0 spiro atoms. The Hall–Kier alpha value is -2.04. The lowest BCUT2D eigenvalue weighted by Crippen LogP contribution is -2.13. The molecule has 1 rings (SSSR count). The number of hydrogen-bond acceptors (Lipinski definition) is 3. The first kappa shape index (κ1) is 15.0. The van der Waals surface area contributed by atoms with Crippen molar-refractivity contribution in [3.63, 3.8) is 0 Å². The second-order valence-electron chi connectivity index (χ2n) is 4.43. The number of rotatable bonds is 6. The molecule has 19 heavy (non-hydrogen) atoms. The molecule has 0 heterocycles. The van der Waals surface area contributed by atoms with E-state index in [4.69, 9.17) is 9.84 Å². The zero-order valence-corrected chi connectivity index (χ0v) is 11.4. The third-order valence-corrected chi connectivity index (χ3v) is 2.88. The van der Waals surface area contributed by atoms with E-state index in [1.807, 2.05) is 26.0 Å². The minimum atomic E-state index is -0.892. The molecule has 0 aromatic heterocycles. The number of aliphatic carboxylic acids is 1. The second kappa shape index (κ2) is 6.78. The number of carbonyl (C=O) groups excluding carboxylic acids is 1. The number of ether oxygens (including phenoxy) is 1. The van der Waals surface area contributed by atoms with Gasteiger partial charge in [0.05, 0.1) is 12.8 Å². The normalized spacial score (nSPS) is 10.1. The van der Waals surface area contributed by atoms with Gasteiger partial charge in [-0.1, -0.05) is 0 Å². The highest BCUT2D eigenvalue weighted by Crippen LogP contribution is 2.28. The predicted molar refractivity (Wildman–Crippen MR) is 72.6 cm³/mol. The quantitative estimate of drug-likeness (QED) is 0.828. The van der Waals surface area contributed by atoms with E-state index in [9.17, 15) is 9.59 Å². The van der Waals surface area contributed by atoms with Crippen LogP contribution in [0, 0.1) is 13.8 Å². The molecule has 0 radical (unpaired) electrons. The van der Waals surface area contributed by atoms with Crippen LogP contribution >= 0.6 is 0 Å². The molecular formula is C14H19NO4. The molecule has 1 aromatic rings. The van der Waals surface area contributed by atoms with Crippen molar-refractivity contribution >= 4 is 17.6 Å². The van der Waals surface area contributed by atoms with Crippen LogP contribution in [-0.2, 0) is 9.59 Å². The molecule has 0 atom stereocenters. The molecule has 1 aromatic carbocycles. The van der Waals surface area contributed by atoms with Crippen LogP contribution < -0.4 is 10.1 Å². The lowest BCUT2D eigenvalue weighted by atomic mass is 10.1. The molecule has 0 unspecified atom stereocenters. The van der Waals surface area contributed by atoms with Crippen molar-refractivity contribution in [2.45, 2.75) is 33.1 Å². The molecule has 1 amide bonds. The Balaban J connectivity index is 2.68. The highest BCUT2D eigenvalue weighted by Gasteiger charge is 2.10. The fourth-order valence-corrected chi connectivity index (χ4v) is 1.67. The Bertz CT molecular complexity index is 483. The van der Waals surface area contributed by atoms with E-state index in [0.29, 0.717) is 17.9 Å². The smallest absolute Gasteiger partial charge is 0.303 e. The third kappa shape index (κ3) is 4.62. The zero-order chi connectivity index (χ0) is 14.4. The van der Waals surface area contributed by atoms with Crippen LogP contribution in [0.5, 0.6) is 5.75 Å². The largest absolute Gasteiger partial charge is 0.495 e. The number of anilines is 1. The number of benzene rings is 1. The monoisotopic (exact) mass is 265 g/mol. The van der Waals surface area contributed by atoms with E-state index in [2.05, 4.69) is 5.32 Å². The number of amides is 1. The van der Waals surface area contributed by atoms with Crippen molar-refractivity contribution < 1.29 is 19.4 Å². The first-order valence-corrected chi connectivity index (χ1v) is 6.11. The van der Waals surface area contributed by atoms with Gasteiger partial charge in [0.1, 0.15) is 5.75 Å². The molecule has 0 saturated carbocycles. The van der Waals surface area contributed by atoms with E-state index in [-0.39, 0.29) is 18.7 Å². The summed E-state index contributed by atoms with van der Waals surface area (Å²) in [5.41, 5.74) is 2.76. The average molecular weight is 265 g/mol. The van der Waals surface area contributed by atoms with Crippen molar-refractivity contribution in [3.8, 4) is 5.75 Å². The lowest BCUT2D eigenvalue weighted by Gasteiger charge is -2.12. The van der Waals surface area contributed by atoms with Crippen LogP contribution in [0.4, 0.5) is 5.69 Å². The number of carboxylic acid groups (broad SMARTS) is 1. The second-order valence-corrected chi connectivity index (χ2v) is 4.43. The van der Waals surface area contributed by atoms with Gasteiger partial charge in [0, 0.05) is 12.8 Å². The number of methoxy groups -OCH3 is 1. The van der Waals surface area contributed by atoms with Crippen LogP contribution in [-0.4, -0.2) is 24.1 Å². The predicted octanol–water partition coefficient (Wildman–Crippen LogP) is 2.51. The highest BCUT2D eigenvalue weighted by atomic mass is 16.5. The van der Waals surface area contributed by atoms with E-state index < -0.39 is 5.97 Å². The van der Waals surface area contributed by atoms with Crippen molar-refractivity contribution in [3.05, 3.63) is 23.3 Å². The Morgan fingerprint density at radius 3 is 2.42 bits per heavy atom. The van der Waals surface area contributed by atoms with Crippen LogP contribution in [0.1, 0.15) is 30.4 Å². The molecule has 5 nitrogen and oxygen atoms in total. The van der Waals surface area contributed by atoms with Crippen LogP contribution in [0.2, 0.25) is 0 Å². The molecule has 2 N–H and O–H groups in total. The van der Waals surface area contributed by atoms with Gasteiger partial charge in [-0.15, -0.1) is 0 Å². The summed E-state index contributed by atoms with van der Waals surface area (Å²) in [5, 5.41) is 11.3. The number of carbonyl (C=O) groups is 2. The maximum absolute atomic E-state index is 11.7. The molecule has 0 saturated heterocycles. The molecule has 0 aliphatic carbocycles. The van der Waals surface area contributed by atoms with Gasteiger partial charge < -0.3 is 15.2 Å². The van der Waals surface area contributed by atoms with E-state index in [1.54, 1.807) is 7.11 Å². The van der Waals surface area contributed by atoms with Gasteiger partial charge in [-0.2, -0.15) is 0 Å². The van der Waals surface area contributed by atoms with Crippen LogP contribution in [0.15, 0.2) is 12.1 Å². The molecule has 0 aliphatic rings. The van der Waals surface area contributed by atoms with Gasteiger partial charge in [-0.05, 0) is 43.5 Å². The standard InChI is InChI=1S/C14H19NO4/c1-9-7-11(12(19-3)8-10(9)2)15-13(16)5-4-6-14(17)18/h7-8H,4-6H2,1-3H3,(H,15,16)(H,17,18). The van der Waals surface area contributed by atoms with Crippen molar-refractivity contribution in [1.29, 1.82) is 0 Å². The zero-order valence-electron chi connectivity index (χ0n) is 11.4. The molecule has 104 valence electrons. The first-order valence-electron chi connectivity index (χ1n) is 6.11. The van der Waals surface area contributed by atoms with E-state index in [1.165, 1.54) is 0 Å². The summed E-state index contributed by atoms with van der Waals surface area (Å²) in [6.07, 6.45) is 0.508. The molecule has 0 fully saturated rings. The van der Waals surface area contributed by atoms with E-state index >= 15 is 0 Å². The summed E-state index contributed by atoms with van der Waals surface area (Å²) in [6, 6.07) is 3.71. The minimum absolute atomic E-state index is 0.00250.